The second-order valence-corrected chi connectivity index (χ2v) is 4.44. The number of nitrogens with zero attached hydrogens (tertiary/aromatic N) is 1. The van der Waals surface area contributed by atoms with E-state index in [4.69, 9.17) is 11.6 Å². The summed E-state index contributed by atoms with van der Waals surface area (Å²) >= 11 is 5.85. The fraction of sp³-hybridized carbons (Fsp3) is 0.143. The van der Waals surface area contributed by atoms with Crippen LogP contribution in [-0.2, 0) is 11.3 Å². The standard InChI is InChI=1S/C14H14ClN3O/c15-12-4-1-5-13(7-12)17-10-14(19)18-9-11-3-2-6-16-8-11/h1-8,17H,9-10H2,(H,18,19). The van der Waals surface area contributed by atoms with Gasteiger partial charge in [0.2, 0.25) is 5.91 Å². The molecule has 0 spiro atoms. The maximum Gasteiger partial charge on any atom is 0.239 e. The van der Waals surface area contributed by atoms with E-state index >= 15 is 0 Å². The fourth-order valence-corrected chi connectivity index (χ4v) is 1.74. The molecule has 0 bridgehead atoms. The Morgan fingerprint density at radius 2 is 2.16 bits per heavy atom. The highest BCUT2D eigenvalue weighted by atomic mass is 35.5. The molecule has 1 heterocycles. The van der Waals surface area contributed by atoms with Gasteiger partial charge < -0.3 is 10.6 Å². The second kappa shape index (κ2) is 6.75. The number of aromatic nitrogens is 1. The number of benzene rings is 1. The monoisotopic (exact) mass is 275 g/mol. The van der Waals surface area contributed by atoms with Gasteiger partial charge in [-0.3, -0.25) is 9.78 Å². The molecule has 2 N–H and O–H groups in total. The Balaban J connectivity index is 1.76. The summed E-state index contributed by atoms with van der Waals surface area (Å²) < 4.78 is 0. The predicted octanol–water partition coefficient (Wildman–Crippen LogP) is 2.46. The third kappa shape index (κ3) is 4.60. The molecule has 19 heavy (non-hydrogen) atoms. The molecule has 4 nitrogen and oxygen atoms in total. The van der Waals surface area contributed by atoms with Gasteiger partial charge in [-0.1, -0.05) is 23.7 Å². The second-order valence-electron chi connectivity index (χ2n) is 4.00. The summed E-state index contributed by atoms with van der Waals surface area (Å²) in [4.78, 5) is 15.6. The number of hydrogen-bond donors (Lipinski definition) is 2. The highest BCUT2D eigenvalue weighted by molar-refractivity contribution is 6.30. The molecule has 0 aliphatic carbocycles. The number of nitrogens with one attached hydrogen (secondary N) is 2. The number of rotatable bonds is 5. The van der Waals surface area contributed by atoms with Gasteiger partial charge in [0, 0.05) is 29.6 Å². The molecule has 1 aromatic heterocycles. The number of amides is 1. The van der Waals surface area contributed by atoms with Crippen LogP contribution in [0.3, 0.4) is 0 Å². The summed E-state index contributed by atoms with van der Waals surface area (Å²) in [7, 11) is 0. The van der Waals surface area contributed by atoms with Crippen molar-refractivity contribution in [2.24, 2.45) is 0 Å². The summed E-state index contributed by atoms with van der Waals surface area (Å²) in [5.41, 5.74) is 1.79. The molecular formula is C14H14ClN3O. The highest BCUT2D eigenvalue weighted by Crippen LogP contribution is 2.14. The van der Waals surface area contributed by atoms with Gasteiger partial charge in [0.15, 0.2) is 0 Å². The zero-order valence-electron chi connectivity index (χ0n) is 10.3. The van der Waals surface area contributed by atoms with E-state index in [1.807, 2.05) is 24.3 Å². The first-order valence-corrected chi connectivity index (χ1v) is 6.27. The molecule has 0 saturated heterocycles. The van der Waals surface area contributed by atoms with Crippen LogP contribution in [-0.4, -0.2) is 17.4 Å². The van der Waals surface area contributed by atoms with E-state index in [1.54, 1.807) is 24.5 Å². The lowest BCUT2D eigenvalue weighted by molar-refractivity contribution is -0.119. The van der Waals surface area contributed by atoms with Gasteiger partial charge >= 0.3 is 0 Å². The zero-order valence-corrected chi connectivity index (χ0v) is 11.0. The van der Waals surface area contributed by atoms with Gasteiger partial charge in [0.05, 0.1) is 6.54 Å². The Hall–Kier alpha value is -2.07. The summed E-state index contributed by atoms with van der Waals surface area (Å²) in [5, 5.41) is 6.46. The van der Waals surface area contributed by atoms with Gasteiger partial charge in [-0.2, -0.15) is 0 Å². The van der Waals surface area contributed by atoms with Gasteiger partial charge in [0.1, 0.15) is 0 Å². The molecule has 0 atom stereocenters. The third-order valence-corrected chi connectivity index (χ3v) is 2.73. The molecule has 5 heteroatoms. The molecule has 0 aliphatic heterocycles. The van der Waals surface area contributed by atoms with Gasteiger partial charge in [-0.25, -0.2) is 0 Å². The van der Waals surface area contributed by atoms with E-state index in [-0.39, 0.29) is 12.5 Å². The Bertz CT molecular complexity index is 545. The van der Waals surface area contributed by atoms with Crippen molar-refractivity contribution in [3.05, 3.63) is 59.4 Å². The van der Waals surface area contributed by atoms with Gasteiger partial charge in [-0.15, -0.1) is 0 Å². The lowest BCUT2D eigenvalue weighted by atomic mass is 10.3. The van der Waals surface area contributed by atoms with E-state index in [0.29, 0.717) is 11.6 Å². The van der Waals surface area contributed by atoms with E-state index in [2.05, 4.69) is 15.6 Å². The minimum absolute atomic E-state index is 0.0798. The van der Waals surface area contributed by atoms with Crippen LogP contribution in [0.25, 0.3) is 0 Å². The number of carbonyl (C=O) groups excluding carboxylic acids is 1. The van der Waals surface area contributed by atoms with E-state index in [9.17, 15) is 4.79 Å². The molecule has 1 aromatic carbocycles. The maximum atomic E-state index is 11.6. The van der Waals surface area contributed by atoms with Crippen LogP contribution < -0.4 is 10.6 Å². The predicted molar refractivity (Wildman–Crippen MR) is 76.0 cm³/mol. The van der Waals surface area contributed by atoms with Crippen molar-refractivity contribution >= 4 is 23.2 Å². The molecule has 0 saturated carbocycles. The highest BCUT2D eigenvalue weighted by Gasteiger charge is 2.01. The minimum Gasteiger partial charge on any atom is -0.376 e. The average Bonchev–Trinajstić information content (AvgIpc) is 2.44. The van der Waals surface area contributed by atoms with Crippen LogP contribution in [0, 0.1) is 0 Å². The first kappa shape index (κ1) is 13.4. The Morgan fingerprint density at radius 1 is 1.26 bits per heavy atom. The molecular weight excluding hydrogens is 262 g/mol. The van der Waals surface area contributed by atoms with Crippen LogP contribution in [0.5, 0.6) is 0 Å². The molecule has 2 rings (SSSR count). The first-order chi connectivity index (χ1) is 9.24. The quantitative estimate of drug-likeness (QED) is 0.881. The van der Waals surface area contributed by atoms with Crippen molar-refractivity contribution in [3.8, 4) is 0 Å². The normalized spacial score (nSPS) is 9.95. The number of halogens is 1. The Labute approximate surface area is 116 Å². The summed E-state index contributed by atoms with van der Waals surface area (Å²) in [6.45, 7) is 0.685. The van der Waals surface area contributed by atoms with Crippen molar-refractivity contribution in [3.63, 3.8) is 0 Å². The maximum absolute atomic E-state index is 11.6. The SMILES string of the molecule is O=C(CNc1cccc(Cl)c1)NCc1cccnc1. The number of anilines is 1. The third-order valence-electron chi connectivity index (χ3n) is 2.49. The van der Waals surface area contributed by atoms with Crippen LogP contribution in [0.4, 0.5) is 5.69 Å². The molecule has 0 radical (unpaired) electrons. The molecule has 98 valence electrons. The smallest absolute Gasteiger partial charge is 0.239 e. The number of hydrogen-bond acceptors (Lipinski definition) is 3. The van der Waals surface area contributed by atoms with Gasteiger partial charge in [-0.05, 0) is 29.8 Å². The van der Waals surface area contributed by atoms with E-state index in [0.717, 1.165) is 11.3 Å². The minimum atomic E-state index is -0.0798. The van der Waals surface area contributed by atoms with Crippen LogP contribution >= 0.6 is 11.6 Å². The molecule has 0 unspecified atom stereocenters. The lowest BCUT2D eigenvalue weighted by Crippen LogP contribution is -2.29. The average molecular weight is 276 g/mol. The summed E-state index contributed by atoms with van der Waals surface area (Å²) in [6.07, 6.45) is 3.43. The van der Waals surface area contributed by atoms with Gasteiger partial charge in [0.25, 0.3) is 0 Å². The number of carbonyl (C=O) groups is 1. The zero-order chi connectivity index (χ0) is 13.5. The Kier molecular flexibility index (Phi) is 4.75. The largest absolute Gasteiger partial charge is 0.376 e. The molecule has 0 fully saturated rings. The van der Waals surface area contributed by atoms with Crippen molar-refractivity contribution in [2.45, 2.75) is 6.54 Å². The van der Waals surface area contributed by atoms with Crippen LogP contribution in [0.2, 0.25) is 5.02 Å². The van der Waals surface area contributed by atoms with E-state index in [1.165, 1.54) is 0 Å². The van der Waals surface area contributed by atoms with Crippen molar-refractivity contribution in [2.75, 3.05) is 11.9 Å². The number of pyridine rings is 1. The fourth-order valence-electron chi connectivity index (χ4n) is 1.55. The van der Waals surface area contributed by atoms with Crippen LogP contribution in [0.1, 0.15) is 5.56 Å². The summed E-state index contributed by atoms with van der Waals surface area (Å²) in [5.74, 6) is -0.0798. The lowest BCUT2D eigenvalue weighted by Gasteiger charge is -2.08. The van der Waals surface area contributed by atoms with Crippen molar-refractivity contribution < 1.29 is 4.79 Å². The molecule has 2 aromatic rings. The molecule has 0 aliphatic rings. The van der Waals surface area contributed by atoms with Crippen molar-refractivity contribution in [1.29, 1.82) is 0 Å². The Morgan fingerprint density at radius 3 is 2.89 bits per heavy atom. The van der Waals surface area contributed by atoms with E-state index < -0.39 is 0 Å². The molecule has 1 amide bonds. The topological polar surface area (TPSA) is 54.0 Å². The summed E-state index contributed by atoms with van der Waals surface area (Å²) in [6, 6.07) is 11.0. The van der Waals surface area contributed by atoms with Crippen LogP contribution in [0.15, 0.2) is 48.8 Å². The van der Waals surface area contributed by atoms with Crippen molar-refractivity contribution in [1.82, 2.24) is 10.3 Å². The first-order valence-electron chi connectivity index (χ1n) is 5.89.